The summed E-state index contributed by atoms with van der Waals surface area (Å²) in [6, 6.07) is 3.65. The number of benzene rings is 1. The third-order valence-corrected chi connectivity index (χ3v) is 8.53. The van der Waals surface area contributed by atoms with Crippen molar-refractivity contribution in [2.45, 2.75) is 37.0 Å². The molecule has 2 heterocycles. The first-order valence-corrected chi connectivity index (χ1v) is 15.0. The molecule has 11 nitrogen and oxygen atoms in total. The number of esters is 1. The Morgan fingerprint density at radius 3 is 2.62 bits per heavy atom. The van der Waals surface area contributed by atoms with Gasteiger partial charge < -0.3 is 24.8 Å². The molecule has 0 unspecified atom stereocenters. The number of imidazole rings is 1. The molecule has 4 atom stereocenters. The minimum Gasteiger partial charge on any atom is -0.462 e. The smallest absolute Gasteiger partial charge is 0.338 e. The summed E-state index contributed by atoms with van der Waals surface area (Å²) in [5.74, 6) is 0.116. The molecule has 0 radical (unpaired) electrons. The van der Waals surface area contributed by atoms with E-state index in [0.717, 1.165) is 30.0 Å². The number of fused-ring (bicyclic) bond motifs is 1. The van der Waals surface area contributed by atoms with Crippen LogP contribution in [0, 0.1) is 5.92 Å². The Labute approximate surface area is 221 Å². The molecule has 202 valence electrons. The van der Waals surface area contributed by atoms with Gasteiger partial charge in [-0.25, -0.2) is 19.7 Å². The molecule has 3 N–H and O–H groups in total. The number of hydrogen-bond donors (Lipinski definition) is 3. The van der Waals surface area contributed by atoms with Gasteiger partial charge >= 0.3 is 16.2 Å². The Hall–Kier alpha value is -2.46. The number of aliphatic hydroxyl groups excluding tert-OH is 2. The largest absolute Gasteiger partial charge is 0.462 e. The lowest BCUT2D eigenvalue weighted by atomic mass is 10.1. The van der Waals surface area contributed by atoms with Crippen LogP contribution < -0.4 is 5.32 Å². The van der Waals surface area contributed by atoms with Crippen molar-refractivity contribution in [3.63, 3.8) is 0 Å². The molecule has 4 rings (SSSR count). The van der Waals surface area contributed by atoms with Crippen LogP contribution in [0.2, 0.25) is 0 Å². The molecule has 0 amide bonds. The van der Waals surface area contributed by atoms with Gasteiger partial charge in [0.15, 0.2) is 11.5 Å². The highest BCUT2D eigenvalue weighted by atomic mass is 33.1. The zero-order valence-electron chi connectivity index (χ0n) is 19.0. The van der Waals surface area contributed by atoms with Crippen molar-refractivity contribution in [1.29, 1.82) is 0 Å². The molecule has 1 saturated carbocycles. The predicted octanol–water partition coefficient (Wildman–Crippen LogP) is 2.68. The number of carbonyl (C=O) groups is 1. The molecule has 15 heteroatoms. The van der Waals surface area contributed by atoms with E-state index in [0.29, 0.717) is 23.5 Å². The molecule has 0 saturated heterocycles. The quantitative estimate of drug-likeness (QED) is 0.141. The summed E-state index contributed by atoms with van der Waals surface area (Å²) < 4.78 is 41.8. The number of hydrogen-bond acceptors (Lipinski definition) is 12. The van der Waals surface area contributed by atoms with Crippen LogP contribution in [0.5, 0.6) is 0 Å². The predicted molar refractivity (Wildman–Crippen MR) is 141 cm³/mol. The highest BCUT2D eigenvalue weighted by molar-refractivity contribution is 8.76. The van der Waals surface area contributed by atoms with Crippen LogP contribution in [0.15, 0.2) is 41.8 Å². The van der Waals surface area contributed by atoms with Crippen LogP contribution in [0.25, 0.3) is 11.2 Å². The van der Waals surface area contributed by atoms with Gasteiger partial charge in [-0.05, 0) is 36.9 Å². The monoisotopic (exact) mass is 573 g/mol. The van der Waals surface area contributed by atoms with Crippen LogP contribution >= 0.6 is 21.6 Å². The highest BCUT2D eigenvalue weighted by Gasteiger charge is 2.43. The third kappa shape index (κ3) is 6.52. The Kier molecular flexibility index (Phi) is 9.74. The number of carbonyl (C=O) groups excluding carboxylic acids is 1. The first-order chi connectivity index (χ1) is 17.2. The summed E-state index contributed by atoms with van der Waals surface area (Å²) >= 11 is 0. The second-order valence-corrected chi connectivity index (χ2v) is 12.1. The molecule has 0 spiro atoms. The maximum absolute atomic E-state index is 13.0. The highest BCUT2D eigenvalue weighted by Crippen LogP contribution is 2.37. The van der Waals surface area contributed by atoms with E-state index in [4.69, 9.17) is 4.74 Å². The van der Waals surface area contributed by atoms with Gasteiger partial charge in [0.2, 0.25) is 0 Å². The zero-order valence-corrected chi connectivity index (χ0v) is 21.5. The fourth-order valence-electron chi connectivity index (χ4n) is 4.08. The normalized spacial score (nSPS) is 21.5. The fraction of sp³-hybridized carbons (Fsp3) is 0.455. The summed E-state index contributed by atoms with van der Waals surface area (Å²) in [7, 11) is -1.48. The molecular weight excluding hydrogens is 545 g/mol. The Morgan fingerprint density at radius 1 is 1.22 bits per heavy atom. The van der Waals surface area contributed by atoms with E-state index < -0.39 is 45.3 Å². The first kappa shape index (κ1) is 29.1. The van der Waals surface area contributed by atoms with E-state index in [1.165, 1.54) is 12.7 Å². The number of nitrogens with one attached hydrogen (secondary N) is 1. The molecule has 1 aromatic carbocycles. The minimum absolute atomic E-state index is 0. The minimum atomic E-state index is -4.87. The van der Waals surface area contributed by atoms with Crippen molar-refractivity contribution < 1.29 is 32.0 Å². The van der Waals surface area contributed by atoms with Crippen molar-refractivity contribution in [2.24, 2.45) is 5.92 Å². The maximum atomic E-state index is 13.0. The lowest BCUT2D eigenvalue weighted by molar-refractivity contribution is -0.0110. The molecule has 3 aromatic rings. The van der Waals surface area contributed by atoms with Crippen LogP contribution in [0.1, 0.15) is 30.2 Å². The van der Waals surface area contributed by atoms with E-state index in [2.05, 4.69) is 20.3 Å². The van der Waals surface area contributed by atoms with Crippen LogP contribution in [-0.4, -0.2) is 81.5 Å². The molecule has 1 aliphatic carbocycles. The van der Waals surface area contributed by atoms with Crippen LogP contribution in [0.4, 0.5) is 9.70 Å². The molecule has 0 bridgehead atoms. The number of nitrogens with zero attached hydrogens (tertiary/aromatic N) is 4. The van der Waals surface area contributed by atoms with Gasteiger partial charge in [-0.3, -0.25) is 0 Å². The Bertz CT molecular complexity index is 1320. The molecule has 37 heavy (non-hydrogen) atoms. The van der Waals surface area contributed by atoms with Crippen LogP contribution in [0.3, 0.4) is 0 Å². The van der Waals surface area contributed by atoms with Gasteiger partial charge in [-0.15, -0.1) is 3.89 Å². The summed E-state index contributed by atoms with van der Waals surface area (Å²) in [6.45, 7) is 0.507. The SMILES string of the molecule is C.CSSCCNc1ncnc2c1ncn2[C@@H]1C[C@H](COC(=O)c2ccc(S(=O)(=O)F)cc2)[C@@H](O)[C@H]1O. The van der Waals surface area contributed by atoms with Gasteiger partial charge in [0.25, 0.3) is 0 Å². The summed E-state index contributed by atoms with van der Waals surface area (Å²) in [5.41, 5.74) is 1.07. The van der Waals surface area contributed by atoms with Crippen molar-refractivity contribution in [1.82, 2.24) is 19.5 Å². The molecule has 0 aliphatic heterocycles. The van der Waals surface area contributed by atoms with E-state index in [-0.39, 0.29) is 26.0 Å². The average molecular weight is 574 g/mol. The van der Waals surface area contributed by atoms with Crippen LogP contribution in [-0.2, 0) is 15.0 Å². The standard InChI is InChI=1S/C21H24FN5O6S3.CH4/c1-34-35-7-6-23-19-16-20(25-10-24-19)27(11-26-16)15-8-13(17(28)18(15)29)9-33-21(30)12-2-4-14(5-3-12)36(22,31)32;/h2-5,10-11,13,15,17-18,28-29H,6-9H2,1H3,(H,23,24,25);1H4/t13-,15-,17-,18+;/m1./s1. The number of rotatable bonds is 10. The molecule has 1 aliphatic rings. The van der Waals surface area contributed by atoms with E-state index >= 15 is 0 Å². The lowest BCUT2D eigenvalue weighted by Gasteiger charge is -2.18. The van der Waals surface area contributed by atoms with E-state index in [9.17, 15) is 27.3 Å². The number of halogens is 1. The van der Waals surface area contributed by atoms with E-state index in [1.807, 2.05) is 6.26 Å². The summed E-state index contributed by atoms with van der Waals surface area (Å²) in [6.07, 6.45) is 2.92. The summed E-state index contributed by atoms with van der Waals surface area (Å²) in [4.78, 5) is 24.7. The number of ether oxygens (including phenoxy) is 1. The Balaban J connectivity index is 0.00000380. The second kappa shape index (κ2) is 12.4. The topological polar surface area (TPSA) is 157 Å². The van der Waals surface area contributed by atoms with Gasteiger partial charge in [0.05, 0.1) is 35.5 Å². The van der Waals surface area contributed by atoms with E-state index in [1.54, 1.807) is 26.2 Å². The first-order valence-electron chi connectivity index (χ1n) is 10.9. The number of aliphatic hydroxyl groups is 2. The third-order valence-electron chi connectivity index (χ3n) is 5.88. The number of anilines is 1. The van der Waals surface area contributed by atoms with Crippen molar-refractivity contribution in [3.8, 4) is 0 Å². The maximum Gasteiger partial charge on any atom is 0.338 e. The van der Waals surface area contributed by atoms with Gasteiger partial charge in [-0.2, -0.15) is 8.42 Å². The van der Waals surface area contributed by atoms with Gasteiger partial charge in [-0.1, -0.05) is 29.0 Å². The molecular formula is C22H28FN5O6S3. The molecule has 2 aromatic heterocycles. The second-order valence-electron chi connectivity index (χ2n) is 8.07. The number of aromatic nitrogens is 4. The Morgan fingerprint density at radius 2 is 1.95 bits per heavy atom. The van der Waals surface area contributed by atoms with Gasteiger partial charge in [0, 0.05) is 18.2 Å². The fourth-order valence-corrected chi connectivity index (χ4v) is 5.64. The van der Waals surface area contributed by atoms with Gasteiger partial charge in [0.1, 0.15) is 17.9 Å². The average Bonchev–Trinajstić information content (AvgIpc) is 3.41. The zero-order chi connectivity index (χ0) is 25.9. The van der Waals surface area contributed by atoms with Crippen molar-refractivity contribution in [2.75, 3.05) is 30.5 Å². The summed E-state index contributed by atoms with van der Waals surface area (Å²) in [5, 5.41) is 24.5. The molecule has 1 fully saturated rings. The lowest BCUT2D eigenvalue weighted by Crippen LogP contribution is -2.31. The van der Waals surface area contributed by atoms with Crippen molar-refractivity contribution in [3.05, 3.63) is 42.5 Å². The van der Waals surface area contributed by atoms with Crippen molar-refractivity contribution >= 4 is 54.8 Å².